The molecule has 3 nitrogen and oxygen atoms in total. The fraction of sp³-hybridized carbons (Fsp3) is 0.400. The van der Waals surface area contributed by atoms with Crippen molar-refractivity contribution in [3.05, 3.63) is 52.0 Å². The number of aryl methyl sites for hydroxylation is 1. The molecular weight excluding hydrogens is 293 g/mol. The monoisotopic (exact) mass is 311 g/mol. The van der Waals surface area contributed by atoms with Gasteiger partial charge in [0.05, 0.1) is 16.1 Å². The lowest BCUT2D eigenvalue weighted by Gasteiger charge is -2.20. The quantitative estimate of drug-likeness (QED) is 0.862. The molecule has 0 saturated heterocycles. The number of hydrogen-bond acceptors (Lipinski definition) is 2. The van der Waals surface area contributed by atoms with E-state index in [4.69, 9.17) is 23.2 Å². The molecule has 0 fully saturated rings. The molecule has 20 heavy (non-hydrogen) atoms. The smallest absolute Gasteiger partial charge is 0.130 e. The molecule has 1 aromatic carbocycles. The van der Waals surface area contributed by atoms with Crippen molar-refractivity contribution >= 4 is 23.2 Å². The normalized spacial score (nSPS) is 12.6. The second kappa shape index (κ2) is 7.11. The van der Waals surface area contributed by atoms with Crippen LogP contribution in [0.15, 0.2) is 30.6 Å². The van der Waals surface area contributed by atoms with Crippen LogP contribution in [0.5, 0.6) is 0 Å². The minimum atomic E-state index is 0.0275. The van der Waals surface area contributed by atoms with E-state index in [1.54, 1.807) is 0 Å². The summed E-state index contributed by atoms with van der Waals surface area (Å²) in [6.07, 6.45) is 4.88. The van der Waals surface area contributed by atoms with Gasteiger partial charge in [-0.1, -0.05) is 36.2 Å². The highest BCUT2D eigenvalue weighted by molar-refractivity contribution is 6.42. The third kappa shape index (κ3) is 3.35. The molecule has 0 aliphatic carbocycles. The van der Waals surface area contributed by atoms with Crippen LogP contribution in [0, 0.1) is 0 Å². The first-order valence-electron chi connectivity index (χ1n) is 6.86. The van der Waals surface area contributed by atoms with Gasteiger partial charge >= 0.3 is 0 Å². The Bertz CT molecular complexity index is 566. The Kier molecular flexibility index (Phi) is 5.46. The zero-order chi connectivity index (χ0) is 14.5. The number of nitrogens with zero attached hydrogens (tertiary/aromatic N) is 2. The summed E-state index contributed by atoms with van der Waals surface area (Å²) in [5.41, 5.74) is 1.08. The molecule has 0 radical (unpaired) electrons. The van der Waals surface area contributed by atoms with Gasteiger partial charge in [0.15, 0.2) is 0 Å². The number of halogens is 2. The van der Waals surface area contributed by atoms with E-state index in [0.29, 0.717) is 10.0 Å². The second-order valence-electron chi connectivity index (χ2n) is 4.63. The van der Waals surface area contributed by atoms with Crippen LogP contribution in [0.4, 0.5) is 0 Å². The number of aromatic nitrogens is 2. The summed E-state index contributed by atoms with van der Waals surface area (Å²) in [4.78, 5) is 4.49. The second-order valence-corrected chi connectivity index (χ2v) is 5.45. The Balaban J connectivity index is 2.38. The van der Waals surface area contributed by atoms with Gasteiger partial charge in [-0.2, -0.15) is 0 Å². The lowest BCUT2D eigenvalue weighted by atomic mass is 10.1. The molecule has 0 aliphatic heterocycles. The highest BCUT2D eigenvalue weighted by Gasteiger charge is 2.18. The number of imidazole rings is 1. The minimum Gasteiger partial charge on any atom is -0.334 e. The fourth-order valence-corrected chi connectivity index (χ4v) is 2.49. The molecule has 0 aliphatic rings. The molecular formula is C15H19Cl2N3. The van der Waals surface area contributed by atoms with E-state index >= 15 is 0 Å². The van der Waals surface area contributed by atoms with E-state index in [0.717, 1.165) is 30.9 Å². The maximum absolute atomic E-state index is 6.14. The Morgan fingerprint density at radius 1 is 1.25 bits per heavy atom. The lowest BCUT2D eigenvalue weighted by molar-refractivity contribution is 0.541. The zero-order valence-electron chi connectivity index (χ0n) is 11.7. The van der Waals surface area contributed by atoms with Crippen molar-refractivity contribution < 1.29 is 0 Å². The van der Waals surface area contributed by atoms with Crippen LogP contribution < -0.4 is 5.32 Å². The Labute approximate surface area is 129 Å². The maximum atomic E-state index is 6.14. The van der Waals surface area contributed by atoms with Crippen LogP contribution in [-0.4, -0.2) is 16.1 Å². The van der Waals surface area contributed by atoms with Crippen LogP contribution in [0.25, 0.3) is 0 Å². The van der Waals surface area contributed by atoms with Crippen LogP contribution in [0.1, 0.15) is 37.7 Å². The first-order valence-corrected chi connectivity index (χ1v) is 7.62. The summed E-state index contributed by atoms with van der Waals surface area (Å²) < 4.78 is 2.13. The molecule has 1 heterocycles. The molecule has 0 bridgehead atoms. The number of nitrogens with one attached hydrogen (secondary N) is 1. The van der Waals surface area contributed by atoms with Crippen LogP contribution in [-0.2, 0) is 6.54 Å². The first kappa shape index (κ1) is 15.4. The zero-order valence-corrected chi connectivity index (χ0v) is 13.2. The van der Waals surface area contributed by atoms with E-state index in [1.807, 2.05) is 30.6 Å². The van der Waals surface area contributed by atoms with Gasteiger partial charge < -0.3 is 9.88 Å². The average molecular weight is 312 g/mol. The largest absolute Gasteiger partial charge is 0.334 e. The Hall–Kier alpha value is -1.03. The molecule has 108 valence electrons. The summed E-state index contributed by atoms with van der Waals surface area (Å²) in [6.45, 7) is 6.06. The summed E-state index contributed by atoms with van der Waals surface area (Å²) in [5, 5.41) is 4.67. The highest BCUT2D eigenvalue weighted by atomic mass is 35.5. The molecule has 1 atom stereocenters. The predicted octanol–water partition coefficient (Wildman–Crippen LogP) is 4.30. The van der Waals surface area contributed by atoms with Crippen LogP contribution >= 0.6 is 23.2 Å². The van der Waals surface area contributed by atoms with Crippen LogP contribution in [0.2, 0.25) is 10.0 Å². The molecule has 2 aromatic rings. The molecule has 1 aromatic heterocycles. The topological polar surface area (TPSA) is 29.9 Å². The van der Waals surface area contributed by atoms with Gasteiger partial charge in [-0.15, -0.1) is 0 Å². The third-order valence-corrected chi connectivity index (χ3v) is 3.96. The van der Waals surface area contributed by atoms with Gasteiger partial charge in [0, 0.05) is 18.9 Å². The summed E-state index contributed by atoms with van der Waals surface area (Å²) in [6, 6.07) is 5.76. The van der Waals surface area contributed by atoms with Crippen molar-refractivity contribution in [2.24, 2.45) is 0 Å². The highest BCUT2D eigenvalue weighted by Crippen LogP contribution is 2.28. The number of benzene rings is 1. The van der Waals surface area contributed by atoms with Crippen molar-refractivity contribution in [3.63, 3.8) is 0 Å². The number of rotatable bonds is 6. The predicted molar refractivity (Wildman–Crippen MR) is 84.5 cm³/mol. The standard InChI is InChI=1S/C15H19Cl2N3/c1-3-7-18-14(15-19-8-9-20(15)4-2)11-5-6-12(16)13(17)10-11/h5-6,8-10,14,18H,3-4,7H2,1-2H3. The van der Waals surface area contributed by atoms with E-state index in [2.05, 4.69) is 28.7 Å². The van der Waals surface area contributed by atoms with E-state index in [1.165, 1.54) is 0 Å². The first-order chi connectivity index (χ1) is 9.67. The van der Waals surface area contributed by atoms with Crippen molar-refractivity contribution in [2.75, 3.05) is 6.54 Å². The molecule has 0 amide bonds. The van der Waals surface area contributed by atoms with Crippen molar-refractivity contribution in [3.8, 4) is 0 Å². The SMILES string of the molecule is CCCNC(c1ccc(Cl)c(Cl)c1)c1nccn1CC. The van der Waals surface area contributed by atoms with Gasteiger partial charge in [0.1, 0.15) is 5.82 Å². The lowest BCUT2D eigenvalue weighted by Crippen LogP contribution is -2.26. The molecule has 0 spiro atoms. The summed E-state index contributed by atoms with van der Waals surface area (Å²) in [7, 11) is 0. The van der Waals surface area contributed by atoms with Gasteiger partial charge in [0.25, 0.3) is 0 Å². The molecule has 1 N–H and O–H groups in total. The maximum Gasteiger partial charge on any atom is 0.130 e. The average Bonchev–Trinajstić information content (AvgIpc) is 2.91. The van der Waals surface area contributed by atoms with Gasteiger partial charge in [-0.05, 0) is 37.6 Å². The van der Waals surface area contributed by atoms with Crippen LogP contribution in [0.3, 0.4) is 0 Å². The van der Waals surface area contributed by atoms with Gasteiger partial charge in [-0.3, -0.25) is 0 Å². The summed E-state index contributed by atoms with van der Waals surface area (Å²) >= 11 is 12.1. The fourth-order valence-electron chi connectivity index (χ4n) is 2.19. The minimum absolute atomic E-state index is 0.0275. The van der Waals surface area contributed by atoms with Gasteiger partial charge in [-0.25, -0.2) is 4.98 Å². The van der Waals surface area contributed by atoms with E-state index < -0.39 is 0 Å². The Morgan fingerprint density at radius 2 is 2.05 bits per heavy atom. The third-order valence-electron chi connectivity index (χ3n) is 3.22. The van der Waals surface area contributed by atoms with Gasteiger partial charge in [0.2, 0.25) is 0 Å². The number of hydrogen-bond donors (Lipinski definition) is 1. The van der Waals surface area contributed by atoms with Crippen molar-refractivity contribution in [1.29, 1.82) is 0 Å². The van der Waals surface area contributed by atoms with E-state index in [9.17, 15) is 0 Å². The molecule has 2 rings (SSSR count). The van der Waals surface area contributed by atoms with Crippen molar-refractivity contribution in [1.82, 2.24) is 14.9 Å². The molecule has 5 heteroatoms. The summed E-state index contributed by atoms with van der Waals surface area (Å²) in [5.74, 6) is 0.999. The Morgan fingerprint density at radius 3 is 2.70 bits per heavy atom. The molecule has 1 unspecified atom stereocenters. The molecule has 0 saturated carbocycles. The van der Waals surface area contributed by atoms with Crippen molar-refractivity contribution in [2.45, 2.75) is 32.9 Å². The van der Waals surface area contributed by atoms with E-state index in [-0.39, 0.29) is 6.04 Å².